The normalized spacial score (nSPS) is 10.7. The number of hydrogen-bond donors (Lipinski definition) is 0. The fourth-order valence-electron chi connectivity index (χ4n) is 1.19. The Kier molecular flexibility index (Phi) is 3.46. The Labute approximate surface area is 75.0 Å². The van der Waals surface area contributed by atoms with Gasteiger partial charge in [0.2, 0.25) is 0 Å². The molecule has 0 unspecified atom stereocenters. The van der Waals surface area contributed by atoms with E-state index in [4.69, 9.17) is 8.85 Å². The van der Waals surface area contributed by atoms with Crippen molar-refractivity contribution >= 4 is 14.5 Å². The predicted molar refractivity (Wildman–Crippen MR) is 52.0 cm³/mol. The zero-order valence-corrected chi connectivity index (χ0v) is 8.86. The summed E-state index contributed by atoms with van der Waals surface area (Å²) in [7, 11) is 1.82. The molecule has 3 heteroatoms. The molecule has 1 aromatic rings. The van der Waals surface area contributed by atoms with Crippen LogP contribution in [-0.2, 0) is 8.85 Å². The largest absolute Gasteiger partial charge is 0.397 e. The third kappa shape index (κ3) is 2.17. The van der Waals surface area contributed by atoms with Crippen molar-refractivity contribution in [2.75, 3.05) is 14.2 Å². The van der Waals surface area contributed by atoms with Crippen molar-refractivity contribution in [3.8, 4) is 0 Å². The second-order valence-electron chi connectivity index (χ2n) is 2.72. The van der Waals surface area contributed by atoms with Gasteiger partial charge in [-0.05, 0) is 12.1 Å². The highest BCUT2D eigenvalue weighted by atomic mass is 28.3. The Bertz CT molecular complexity index is 246. The molecule has 0 saturated carbocycles. The first kappa shape index (κ1) is 9.44. The first-order valence-electron chi connectivity index (χ1n) is 3.90. The molecule has 0 aliphatic rings. The van der Waals surface area contributed by atoms with E-state index in [1.165, 1.54) is 10.8 Å². The average Bonchev–Trinajstić information content (AvgIpc) is 2.07. The highest BCUT2D eigenvalue weighted by Gasteiger charge is 2.11. The van der Waals surface area contributed by atoms with Crippen LogP contribution in [0.4, 0.5) is 0 Å². The van der Waals surface area contributed by atoms with Gasteiger partial charge >= 0.3 is 9.28 Å². The summed E-state index contributed by atoms with van der Waals surface area (Å²) < 4.78 is 10.5. The maximum atomic E-state index is 5.26. The van der Waals surface area contributed by atoms with Crippen LogP contribution < -0.4 is 5.19 Å². The Hall–Kier alpha value is -0.643. The first-order valence-corrected chi connectivity index (χ1v) is 5.42. The molecule has 0 atom stereocenters. The van der Waals surface area contributed by atoms with Gasteiger partial charge in [0.15, 0.2) is 0 Å². The third-order valence-electron chi connectivity index (χ3n) is 1.74. The minimum atomic E-state index is -1.58. The third-order valence-corrected chi connectivity index (χ3v) is 3.50. The molecule has 0 aliphatic heterocycles. The summed E-state index contributed by atoms with van der Waals surface area (Å²) in [6.07, 6.45) is 0. The van der Waals surface area contributed by atoms with Gasteiger partial charge in [0, 0.05) is 14.2 Å². The van der Waals surface area contributed by atoms with Crippen LogP contribution in [0.15, 0.2) is 24.3 Å². The summed E-state index contributed by atoms with van der Waals surface area (Å²) in [5.74, 6) is 0. The highest BCUT2D eigenvalue weighted by Crippen LogP contribution is 1.95. The number of aryl methyl sites for hydroxylation is 1. The topological polar surface area (TPSA) is 18.5 Å². The molecule has 0 N–H and O–H groups in total. The lowest BCUT2D eigenvalue weighted by Gasteiger charge is -2.10. The van der Waals surface area contributed by atoms with E-state index in [2.05, 4.69) is 25.1 Å². The zero-order valence-electron chi connectivity index (χ0n) is 7.70. The molecule has 0 aromatic heterocycles. The van der Waals surface area contributed by atoms with E-state index in [0.29, 0.717) is 0 Å². The van der Waals surface area contributed by atoms with Gasteiger partial charge in [0.25, 0.3) is 0 Å². The summed E-state index contributed by atoms with van der Waals surface area (Å²) in [6, 6.07) is 8.27. The van der Waals surface area contributed by atoms with Gasteiger partial charge in [0.1, 0.15) is 0 Å². The van der Waals surface area contributed by atoms with Crippen molar-refractivity contribution in [2.24, 2.45) is 0 Å². The van der Waals surface area contributed by atoms with Crippen molar-refractivity contribution in [3.63, 3.8) is 0 Å². The van der Waals surface area contributed by atoms with Gasteiger partial charge in [-0.3, -0.25) is 0 Å². The molecule has 66 valence electrons. The lowest BCUT2D eigenvalue weighted by Crippen LogP contribution is -2.34. The summed E-state index contributed by atoms with van der Waals surface area (Å²) in [6.45, 7) is 2.07. The molecule has 2 nitrogen and oxygen atoms in total. The lowest BCUT2D eigenvalue weighted by atomic mass is 10.2. The van der Waals surface area contributed by atoms with Gasteiger partial charge in [-0.1, -0.05) is 29.8 Å². The first-order chi connectivity index (χ1) is 5.77. The second-order valence-corrected chi connectivity index (χ2v) is 4.99. The smallest absolute Gasteiger partial charge is 0.355 e. The quantitative estimate of drug-likeness (QED) is 0.641. The summed E-state index contributed by atoms with van der Waals surface area (Å²) >= 11 is 0. The maximum absolute atomic E-state index is 5.26. The summed E-state index contributed by atoms with van der Waals surface area (Å²) in [5.41, 5.74) is 1.25. The van der Waals surface area contributed by atoms with Crippen LogP contribution in [0.2, 0.25) is 0 Å². The monoisotopic (exact) mass is 182 g/mol. The van der Waals surface area contributed by atoms with E-state index in [1.807, 2.05) is 6.07 Å². The SMILES string of the molecule is CO[SiH](OC)c1cccc(C)c1. The van der Waals surface area contributed by atoms with Crippen LogP contribution >= 0.6 is 0 Å². The van der Waals surface area contributed by atoms with Gasteiger partial charge in [-0.25, -0.2) is 0 Å². The summed E-state index contributed by atoms with van der Waals surface area (Å²) in [5, 5.41) is 1.19. The van der Waals surface area contributed by atoms with Crippen molar-refractivity contribution in [2.45, 2.75) is 6.92 Å². The molecule has 0 spiro atoms. The fourth-order valence-corrected chi connectivity index (χ4v) is 2.59. The minimum Gasteiger partial charge on any atom is -0.397 e. The zero-order chi connectivity index (χ0) is 8.97. The molecule has 12 heavy (non-hydrogen) atoms. The van der Waals surface area contributed by atoms with Crippen LogP contribution in [-0.4, -0.2) is 23.5 Å². The van der Waals surface area contributed by atoms with Crippen LogP contribution in [0.3, 0.4) is 0 Å². The van der Waals surface area contributed by atoms with Gasteiger partial charge in [0.05, 0.1) is 0 Å². The highest BCUT2D eigenvalue weighted by molar-refractivity contribution is 6.61. The Morgan fingerprint density at radius 3 is 2.33 bits per heavy atom. The van der Waals surface area contributed by atoms with Crippen molar-refractivity contribution in [3.05, 3.63) is 29.8 Å². The Balaban J connectivity index is 2.85. The fraction of sp³-hybridized carbons (Fsp3) is 0.333. The average molecular weight is 182 g/mol. The van der Waals surface area contributed by atoms with Crippen molar-refractivity contribution in [1.82, 2.24) is 0 Å². The van der Waals surface area contributed by atoms with Gasteiger partial charge < -0.3 is 8.85 Å². The van der Waals surface area contributed by atoms with Gasteiger partial charge in [-0.2, -0.15) is 0 Å². The number of hydrogen-bond acceptors (Lipinski definition) is 2. The van der Waals surface area contributed by atoms with Crippen LogP contribution in [0, 0.1) is 6.92 Å². The number of rotatable bonds is 3. The van der Waals surface area contributed by atoms with E-state index in [0.717, 1.165) is 0 Å². The number of benzene rings is 1. The van der Waals surface area contributed by atoms with Crippen LogP contribution in [0.5, 0.6) is 0 Å². The molecule has 0 amide bonds. The maximum Gasteiger partial charge on any atom is 0.355 e. The van der Waals surface area contributed by atoms with Crippen molar-refractivity contribution < 1.29 is 8.85 Å². The molecule has 0 heterocycles. The molecule has 0 aliphatic carbocycles. The van der Waals surface area contributed by atoms with E-state index >= 15 is 0 Å². The van der Waals surface area contributed by atoms with E-state index in [1.54, 1.807) is 14.2 Å². The molecule has 0 bridgehead atoms. The lowest BCUT2D eigenvalue weighted by molar-refractivity contribution is 0.292. The predicted octanol–water partition coefficient (Wildman–Crippen LogP) is 0.715. The molecule has 0 fully saturated rings. The summed E-state index contributed by atoms with van der Waals surface area (Å²) in [4.78, 5) is 0. The standard InChI is InChI=1S/C9H14O2Si/c1-8-5-4-6-9(7-8)12(10-2)11-3/h4-7,12H,1-3H3. The van der Waals surface area contributed by atoms with Crippen LogP contribution in [0.25, 0.3) is 0 Å². The Morgan fingerprint density at radius 1 is 1.17 bits per heavy atom. The molecule has 0 saturated heterocycles. The molecule has 0 radical (unpaired) electrons. The second kappa shape index (κ2) is 4.40. The van der Waals surface area contributed by atoms with E-state index < -0.39 is 9.28 Å². The van der Waals surface area contributed by atoms with E-state index in [9.17, 15) is 0 Å². The van der Waals surface area contributed by atoms with Gasteiger partial charge in [-0.15, -0.1) is 0 Å². The Morgan fingerprint density at radius 2 is 1.83 bits per heavy atom. The van der Waals surface area contributed by atoms with Crippen LogP contribution in [0.1, 0.15) is 5.56 Å². The molecular weight excluding hydrogens is 168 g/mol. The molecule has 1 aromatic carbocycles. The van der Waals surface area contributed by atoms with E-state index in [-0.39, 0.29) is 0 Å². The molecule has 1 rings (SSSR count). The van der Waals surface area contributed by atoms with Crippen molar-refractivity contribution in [1.29, 1.82) is 0 Å². The minimum absolute atomic E-state index is 1.19. The molecular formula is C9H14O2Si.